The maximum absolute atomic E-state index is 4.91. The molecule has 1 fully saturated rings. The molecule has 0 amide bonds. The second kappa shape index (κ2) is 8.92. The van der Waals surface area contributed by atoms with E-state index in [9.17, 15) is 0 Å². The second-order valence-corrected chi connectivity index (χ2v) is 8.61. The average molecular weight is 365 g/mol. The Hall–Kier alpha value is -1.24. The molecule has 2 aliphatic heterocycles. The van der Waals surface area contributed by atoms with Crippen molar-refractivity contribution in [1.29, 1.82) is 0 Å². The number of guanidine groups is 1. The normalized spacial score (nSPS) is 22.0. The molecule has 1 unspecified atom stereocenters. The number of aliphatic imine (C=N–C) groups is 1. The van der Waals surface area contributed by atoms with Crippen LogP contribution in [0.15, 0.2) is 4.99 Å². The third-order valence-electron chi connectivity index (χ3n) is 5.03. The zero-order valence-electron chi connectivity index (χ0n) is 15.9. The molecule has 0 aromatic carbocycles. The van der Waals surface area contributed by atoms with Gasteiger partial charge < -0.3 is 14.8 Å². The molecule has 1 N–H and O–H groups in total. The summed E-state index contributed by atoms with van der Waals surface area (Å²) in [6, 6.07) is 0. The van der Waals surface area contributed by atoms with Gasteiger partial charge in [0.25, 0.3) is 0 Å². The zero-order valence-corrected chi connectivity index (χ0v) is 16.7. The first-order valence-corrected chi connectivity index (χ1v) is 10.8. The first kappa shape index (κ1) is 18.5. The van der Waals surface area contributed by atoms with Gasteiger partial charge in [-0.1, -0.05) is 20.3 Å². The van der Waals surface area contributed by atoms with Crippen LogP contribution in [-0.2, 0) is 19.5 Å². The fourth-order valence-corrected chi connectivity index (χ4v) is 4.80. The lowest BCUT2D eigenvalue weighted by atomic mass is 10.1. The highest BCUT2D eigenvalue weighted by Gasteiger charge is 2.25. The van der Waals surface area contributed by atoms with E-state index in [1.165, 1.54) is 25.0 Å². The minimum Gasteiger partial charge on any atom is -0.357 e. The van der Waals surface area contributed by atoms with Crippen LogP contribution < -0.4 is 5.32 Å². The van der Waals surface area contributed by atoms with Crippen molar-refractivity contribution in [2.75, 3.05) is 25.4 Å². The van der Waals surface area contributed by atoms with Gasteiger partial charge in [-0.05, 0) is 25.7 Å². The van der Waals surface area contributed by atoms with Crippen LogP contribution >= 0.6 is 11.8 Å². The fraction of sp³-hybridized carbons (Fsp3) is 0.833. The molecule has 0 aliphatic carbocycles. The lowest BCUT2D eigenvalue weighted by Crippen LogP contribution is -2.49. The summed E-state index contributed by atoms with van der Waals surface area (Å²) < 4.78 is 2.29. The largest absolute Gasteiger partial charge is 0.357 e. The van der Waals surface area contributed by atoms with Crippen LogP contribution in [0.3, 0.4) is 0 Å². The lowest BCUT2D eigenvalue weighted by Gasteiger charge is -2.36. The number of hydrogen-bond donors (Lipinski definition) is 1. The summed E-state index contributed by atoms with van der Waals surface area (Å²) in [4.78, 5) is 7.33. The van der Waals surface area contributed by atoms with E-state index in [0.29, 0.717) is 17.7 Å². The number of rotatable bonds is 4. The number of nitrogens with zero attached hydrogens (tertiary/aromatic N) is 5. The number of nitrogens with one attached hydrogen (secondary N) is 1. The van der Waals surface area contributed by atoms with E-state index in [1.54, 1.807) is 0 Å². The highest BCUT2D eigenvalue weighted by Crippen LogP contribution is 2.25. The van der Waals surface area contributed by atoms with Crippen molar-refractivity contribution < 1.29 is 0 Å². The summed E-state index contributed by atoms with van der Waals surface area (Å²) >= 11 is 2.10. The summed E-state index contributed by atoms with van der Waals surface area (Å²) in [7, 11) is 0. The van der Waals surface area contributed by atoms with Crippen molar-refractivity contribution in [2.24, 2.45) is 10.9 Å². The number of fused-ring (bicyclic) bond motifs is 1. The number of hydrogen-bond acceptors (Lipinski definition) is 4. The standard InChI is InChI=1S/C18H32N6S/c1-4-19-18(23-10-11-25-15(13-23)14(2)3)20-12-17-22-21-16-8-6-5-7-9-24(16)17/h14-15H,4-13H2,1-3H3,(H,19,20). The Balaban J connectivity index is 1.71. The predicted molar refractivity (Wildman–Crippen MR) is 105 cm³/mol. The van der Waals surface area contributed by atoms with E-state index < -0.39 is 0 Å². The maximum Gasteiger partial charge on any atom is 0.194 e. The van der Waals surface area contributed by atoms with Gasteiger partial charge in [0, 0.05) is 43.6 Å². The van der Waals surface area contributed by atoms with Gasteiger partial charge in [0.15, 0.2) is 11.8 Å². The van der Waals surface area contributed by atoms with Crippen molar-refractivity contribution in [3.05, 3.63) is 11.6 Å². The summed E-state index contributed by atoms with van der Waals surface area (Å²) in [6.07, 6.45) is 4.79. The lowest BCUT2D eigenvalue weighted by molar-refractivity contribution is 0.380. The first-order chi connectivity index (χ1) is 12.2. The Morgan fingerprint density at radius 2 is 2.16 bits per heavy atom. The van der Waals surface area contributed by atoms with Gasteiger partial charge >= 0.3 is 0 Å². The van der Waals surface area contributed by atoms with E-state index in [-0.39, 0.29) is 0 Å². The van der Waals surface area contributed by atoms with Crippen molar-refractivity contribution >= 4 is 17.7 Å². The van der Waals surface area contributed by atoms with Crippen LogP contribution in [-0.4, -0.2) is 56.3 Å². The molecule has 6 nitrogen and oxygen atoms in total. The first-order valence-electron chi connectivity index (χ1n) is 9.74. The van der Waals surface area contributed by atoms with Gasteiger partial charge in [0.05, 0.1) is 0 Å². The third-order valence-corrected chi connectivity index (χ3v) is 6.57. The molecule has 2 aliphatic rings. The average Bonchev–Trinajstić information content (AvgIpc) is 2.85. The number of aryl methyl sites for hydroxylation is 1. The molecule has 1 aromatic rings. The minimum atomic E-state index is 0.616. The molecule has 0 spiro atoms. The second-order valence-electron chi connectivity index (χ2n) is 7.26. The highest BCUT2D eigenvalue weighted by atomic mass is 32.2. The molecule has 140 valence electrons. The summed E-state index contributed by atoms with van der Waals surface area (Å²) in [6.45, 7) is 11.5. The summed E-state index contributed by atoms with van der Waals surface area (Å²) in [5.41, 5.74) is 0. The molecule has 25 heavy (non-hydrogen) atoms. The van der Waals surface area contributed by atoms with Gasteiger partial charge in [-0.3, -0.25) is 0 Å². The smallest absolute Gasteiger partial charge is 0.194 e. The van der Waals surface area contributed by atoms with Gasteiger partial charge in [-0.15, -0.1) is 10.2 Å². The van der Waals surface area contributed by atoms with Crippen LogP contribution in [0.5, 0.6) is 0 Å². The molecule has 7 heteroatoms. The monoisotopic (exact) mass is 364 g/mol. The van der Waals surface area contributed by atoms with Crippen LogP contribution in [0.2, 0.25) is 0 Å². The van der Waals surface area contributed by atoms with Crippen molar-refractivity contribution in [3.63, 3.8) is 0 Å². The van der Waals surface area contributed by atoms with Crippen LogP contribution in [0.1, 0.15) is 51.7 Å². The SMILES string of the molecule is CCNC(=NCc1nnc2n1CCCCC2)N1CCSC(C(C)C)C1. The van der Waals surface area contributed by atoms with E-state index >= 15 is 0 Å². The molecule has 1 aromatic heterocycles. The molecule has 1 saturated heterocycles. The third kappa shape index (κ3) is 4.68. The number of thioether (sulfide) groups is 1. The zero-order chi connectivity index (χ0) is 17.6. The van der Waals surface area contributed by atoms with E-state index in [2.05, 4.69) is 57.5 Å². The summed E-state index contributed by atoms with van der Waals surface area (Å²) in [5, 5.41) is 13.0. The Kier molecular flexibility index (Phi) is 6.62. The Labute approximate surface area is 155 Å². The van der Waals surface area contributed by atoms with E-state index in [4.69, 9.17) is 4.99 Å². The van der Waals surface area contributed by atoms with Crippen LogP contribution in [0, 0.1) is 5.92 Å². The fourth-order valence-electron chi connectivity index (χ4n) is 3.50. The molecule has 3 heterocycles. The van der Waals surface area contributed by atoms with Crippen LogP contribution in [0.25, 0.3) is 0 Å². The quantitative estimate of drug-likeness (QED) is 0.657. The van der Waals surface area contributed by atoms with Gasteiger partial charge in [-0.25, -0.2) is 4.99 Å². The summed E-state index contributed by atoms with van der Waals surface area (Å²) in [5.74, 6) is 5.05. The topological polar surface area (TPSA) is 58.3 Å². The van der Waals surface area contributed by atoms with Crippen molar-refractivity contribution in [2.45, 2.75) is 64.8 Å². The van der Waals surface area contributed by atoms with Crippen LogP contribution in [0.4, 0.5) is 0 Å². The molecule has 3 rings (SSSR count). The highest BCUT2D eigenvalue weighted by molar-refractivity contribution is 8.00. The molecular weight excluding hydrogens is 332 g/mol. The van der Waals surface area contributed by atoms with E-state index in [1.807, 2.05) is 0 Å². The van der Waals surface area contributed by atoms with Gasteiger partial charge in [0.2, 0.25) is 0 Å². The van der Waals surface area contributed by atoms with Gasteiger partial charge in [-0.2, -0.15) is 11.8 Å². The molecule has 1 atom stereocenters. The Morgan fingerprint density at radius 3 is 2.96 bits per heavy atom. The Morgan fingerprint density at radius 1 is 1.28 bits per heavy atom. The molecule has 0 bridgehead atoms. The van der Waals surface area contributed by atoms with Crippen molar-refractivity contribution in [3.8, 4) is 0 Å². The predicted octanol–water partition coefficient (Wildman–Crippen LogP) is 2.54. The Bertz CT molecular complexity index is 582. The number of aromatic nitrogens is 3. The van der Waals surface area contributed by atoms with Gasteiger partial charge in [0.1, 0.15) is 12.4 Å². The van der Waals surface area contributed by atoms with E-state index in [0.717, 1.165) is 50.2 Å². The maximum atomic E-state index is 4.91. The molecule has 0 radical (unpaired) electrons. The molecular formula is C18H32N6S. The minimum absolute atomic E-state index is 0.616. The van der Waals surface area contributed by atoms with Crippen molar-refractivity contribution in [1.82, 2.24) is 25.0 Å². The molecule has 0 saturated carbocycles.